The van der Waals surface area contributed by atoms with Crippen LogP contribution in [0.2, 0.25) is 0 Å². The van der Waals surface area contributed by atoms with Gasteiger partial charge in [-0.15, -0.1) is 0 Å². The Morgan fingerprint density at radius 1 is 0.256 bits per heavy atom. The lowest BCUT2D eigenvalue weighted by atomic mass is 10.0. The smallest absolute Gasteiger partial charge is 0.306 e. The van der Waals surface area contributed by atoms with Crippen LogP contribution in [0.5, 0.6) is 0 Å². The zero-order chi connectivity index (χ0) is 59.2. The highest BCUT2D eigenvalue weighted by molar-refractivity contribution is 5.71. The van der Waals surface area contributed by atoms with E-state index in [4.69, 9.17) is 14.2 Å². The minimum atomic E-state index is -0.790. The number of ether oxygens (including phenoxy) is 3. The fourth-order valence-electron chi connectivity index (χ4n) is 9.81. The second-order valence-corrected chi connectivity index (χ2v) is 23.1. The fourth-order valence-corrected chi connectivity index (χ4v) is 9.81. The summed E-state index contributed by atoms with van der Waals surface area (Å²) < 4.78 is 17.0. The predicted molar refractivity (Wildman–Crippen MR) is 357 cm³/mol. The highest BCUT2D eigenvalue weighted by Crippen LogP contribution is 2.17. The van der Waals surface area contributed by atoms with Crippen molar-refractivity contribution in [3.63, 3.8) is 0 Å². The van der Waals surface area contributed by atoms with Crippen molar-refractivity contribution in [1.82, 2.24) is 0 Å². The minimum absolute atomic E-state index is 0.0866. The van der Waals surface area contributed by atoms with Crippen LogP contribution in [0.25, 0.3) is 0 Å². The van der Waals surface area contributed by atoms with Crippen molar-refractivity contribution in [1.29, 1.82) is 0 Å². The third-order valence-electron chi connectivity index (χ3n) is 15.0. The van der Waals surface area contributed by atoms with E-state index in [0.29, 0.717) is 19.3 Å². The summed E-state index contributed by atoms with van der Waals surface area (Å²) in [6.07, 6.45) is 95.3. The molecule has 0 saturated heterocycles. The number of esters is 3. The molecule has 6 nitrogen and oxygen atoms in total. The molecule has 0 N–H and O–H groups in total. The average Bonchev–Trinajstić information content (AvgIpc) is 3.47. The normalized spacial score (nSPS) is 12.8. The van der Waals surface area contributed by atoms with Crippen molar-refractivity contribution in [2.24, 2.45) is 0 Å². The van der Waals surface area contributed by atoms with Crippen molar-refractivity contribution in [3.8, 4) is 0 Å². The van der Waals surface area contributed by atoms with Crippen molar-refractivity contribution < 1.29 is 28.6 Å². The van der Waals surface area contributed by atoms with Crippen LogP contribution < -0.4 is 0 Å². The molecule has 0 aromatic carbocycles. The van der Waals surface area contributed by atoms with Gasteiger partial charge in [-0.2, -0.15) is 0 Å². The van der Waals surface area contributed by atoms with Crippen LogP contribution in [-0.2, 0) is 28.6 Å². The Kier molecular flexibility index (Phi) is 66.2. The Labute approximate surface area is 508 Å². The molecule has 470 valence electrons. The molecule has 1 atom stereocenters. The van der Waals surface area contributed by atoms with Crippen LogP contribution in [0.4, 0.5) is 0 Å². The standard InChI is InChI=1S/C76H130O6/c1-4-7-10-13-16-19-22-25-28-31-33-34-35-36-37-38-39-40-41-42-44-45-48-51-54-57-60-63-66-69-75(78)81-72-73(71-80-74(77)68-65-62-59-56-53-50-47-30-27-24-21-18-15-12-9-6-3)82-76(79)70-67-64-61-58-55-52-49-46-43-32-29-26-23-20-17-14-11-8-5-2/h7,10,16,19,21,24-25,28,30,33-34,36-37,39-40,42,44,47,73H,4-6,8-9,11-15,17-18,20,22-23,26-27,29,31-32,35,38,41,43,45-46,48-72H2,1-3H3/b10-7-,19-16-,24-21-,28-25-,34-33-,37-36-,40-39-,44-42-,47-30-. The number of carbonyl (C=O) groups is 3. The van der Waals surface area contributed by atoms with Gasteiger partial charge in [0.05, 0.1) is 0 Å². The molecule has 0 aliphatic rings. The van der Waals surface area contributed by atoms with E-state index in [1.807, 2.05) is 0 Å². The van der Waals surface area contributed by atoms with E-state index >= 15 is 0 Å². The molecule has 0 aromatic rings. The molecule has 0 aliphatic carbocycles. The molecule has 0 rings (SSSR count). The molecule has 0 heterocycles. The van der Waals surface area contributed by atoms with E-state index in [9.17, 15) is 14.4 Å². The maximum absolute atomic E-state index is 13.0. The van der Waals surface area contributed by atoms with Crippen molar-refractivity contribution in [2.45, 2.75) is 341 Å². The first-order chi connectivity index (χ1) is 40.5. The number of allylic oxidation sites excluding steroid dienone is 18. The highest BCUT2D eigenvalue weighted by atomic mass is 16.6. The quantitative estimate of drug-likeness (QED) is 0.0261. The SMILES string of the molecule is CC/C=C\C/C=C\C/C=C\C/C=C\C/C=C\C/C=C\C/C=C\CCCCCCCCCC(=O)OCC(COC(=O)CCCCCCC/C=C\C/C=C\CCCCCC)OC(=O)CCCCCCCCCCCCCCCCCCCCC. The summed E-state index contributed by atoms with van der Waals surface area (Å²) in [5.74, 6) is -0.895. The van der Waals surface area contributed by atoms with Gasteiger partial charge in [0.2, 0.25) is 0 Å². The number of hydrogen-bond donors (Lipinski definition) is 0. The Morgan fingerprint density at radius 3 is 0.756 bits per heavy atom. The highest BCUT2D eigenvalue weighted by Gasteiger charge is 2.19. The van der Waals surface area contributed by atoms with Gasteiger partial charge in [-0.05, 0) is 109 Å². The third-order valence-corrected chi connectivity index (χ3v) is 15.0. The molecule has 0 amide bonds. The van der Waals surface area contributed by atoms with E-state index in [1.54, 1.807) is 0 Å². The van der Waals surface area contributed by atoms with Crippen molar-refractivity contribution in [3.05, 3.63) is 109 Å². The van der Waals surface area contributed by atoms with Gasteiger partial charge in [0.15, 0.2) is 6.10 Å². The van der Waals surface area contributed by atoms with Crippen LogP contribution in [0.1, 0.15) is 335 Å². The third kappa shape index (κ3) is 66.9. The first kappa shape index (κ1) is 78.1. The number of rotatable bonds is 63. The topological polar surface area (TPSA) is 78.9 Å². The van der Waals surface area contributed by atoms with Crippen LogP contribution >= 0.6 is 0 Å². The maximum Gasteiger partial charge on any atom is 0.306 e. The molecule has 82 heavy (non-hydrogen) atoms. The zero-order valence-corrected chi connectivity index (χ0v) is 54.0. The lowest BCUT2D eigenvalue weighted by Gasteiger charge is -2.18. The minimum Gasteiger partial charge on any atom is -0.462 e. The van der Waals surface area contributed by atoms with E-state index in [2.05, 4.69) is 130 Å². The van der Waals surface area contributed by atoms with Crippen molar-refractivity contribution in [2.75, 3.05) is 13.2 Å². The van der Waals surface area contributed by atoms with Crippen molar-refractivity contribution >= 4 is 17.9 Å². The summed E-state index contributed by atoms with van der Waals surface area (Å²) in [6, 6.07) is 0. The molecule has 0 bridgehead atoms. The predicted octanol–water partition coefficient (Wildman–Crippen LogP) is 24.2. The summed E-state index contributed by atoms with van der Waals surface area (Å²) in [6.45, 7) is 6.53. The Balaban J connectivity index is 4.37. The molecule has 0 radical (unpaired) electrons. The summed E-state index contributed by atoms with van der Waals surface area (Å²) in [7, 11) is 0. The summed E-state index contributed by atoms with van der Waals surface area (Å²) >= 11 is 0. The number of hydrogen-bond acceptors (Lipinski definition) is 6. The zero-order valence-electron chi connectivity index (χ0n) is 54.0. The number of carbonyl (C=O) groups excluding carboxylic acids is 3. The molecule has 0 fully saturated rings. The summed E-state index contributed by atoms with van der Waals surface area (Å²) in [5, 5.41) is 0. The van der Waals surface area contributed by atoms with E-state index in [1.165, 1.54) is 167 Å². The molecule has 1 unspecified atom stereocenters. The van der Waals surface area contributed by atoms with Crippen LogP contribution in [0.15, 0.2) is 109 Å². The van der Waals surface area contributed by atoms with Crippen LogP contribution in [-0.4, -0.2) is 37.2 Å². The van der Waals surface area contributed by atoms with Gasteiger partial charge in [0, 0.05) is 19.3 Å². The second kappa shape index (κ2) is 69.6. The first-order valence-electron chi connectivity index (χ1n) is 34.9. The lowest BCUT2D eigenvalue weighted by molar-refractivity contribution is -0.167. The Bertz CT molecular complexity index is 1640. The van der Waals surface area contributed by atoms with Gasteiger partial charge in [-0.1, -0.05) is 316 Å². The molecule has 0 aliphatic heterocycles. The summed E-state index contributed by atoms with van der Waals surface area (Å²) in [5.41, 5.74) is 0. The Hall–Kier alpha value is -3.93. The lowest BCUT2D eigenvalue weighted by Crippen LogP contribution is -2.30. The monoisotopic (exact) mass is 1140 g/mol. The van der Waals surface area contributed by atoms with E-state index in [-0.39, 0.29) is 31.1 Å². The van der Waals surface area contributed by atoms with E-state index in [0.717, 1.165) is 128 Å². The number of unbranched alkanes of at least 4 members (excludes halogenated alkanes) is 34. The maximum atomic E-state index is 13.0. The molecule has 6 heteroatoms. The molecule has 0 aromatic heterocycles. The van der Waals surface area contributed by atoms with Gasteiger partial charge in [-0.25, -0.2) is 0 Å². The second-order valence-electron chi connectivity index (χ2n) is 23.1. The van der Waals surface area contributed by atoms with Gasteiger partial charge in [0.25, 0.3) is 0 Å². The molecule has 0 spiro atoms. The first-order valence-corrected chi connectivity index (χ1v) is 34.9. The van der Waals surface area contributed by atoms with Gasteiger partial charge >= 0.3 is 17.9 Å². The van der Waals surface area contributed by atoms with Gasteiger partial charge in [-0.3, -0.25) is 14.4 Å². The van der Waals surface area contributed by atoms with Crippen LogP contribution in [0, 0.1) is 0 Å². The largest absolute Gasteiger partial charge is 0.462 e. The van der Waals surface area contributed by atoms with Gasteiger partial charge in [0.1, 0.15) is 13.2 Å². The average molecular weight is 1140 g/mol. The molecular formula is C76H130O6. The fraction of sp³-hybridized carbons (Fsp3) is 0.724. The molecular weight excluding hydrogens is 1010 g/mol. The van der Waals surface area contributed by atoms with E-state index < -0.39 is 6.10 Å². The summed E-state index contributed by atoms with van der Waals surface area (Å²) in [4.78, 5) is 38.4. The molecule has 0 saturated carbocycles. The van der Waals surface area contributed by atoms with Crippen LogP contribution in [0.3, 0.4) is 0 Å². The van der Waals surface area contributed by atoms with Gasteiger partial charge < -0.3 is 14.2 Å². The Morgan fingerprint density at radius 2 is 0.476 bits per heavy atom.